The third-order valence-electron chi connectivity index (χ3n) is 3.97. The van der Waals surface area contributed by atoms with E-state index in [1.54, 1.807) is 26.0 Å². The molecule has 2 rings (SSSR count). The summed E-state index contributed by atoms with van der Waals surface area (Å²) in [6.07, 6.45) is 0. The average Bonchev–Trinajstić information content (AvgIpc) is 2.48. The Labute approximate surface area is 149 Å². The van der Waals surface area contributed by atoms with Gasteiger partial charge in [0.05, 0.1) is 11.4 Å². The summed E-state index contributed by atoms with van der Waals surface area (Å²) in [7, 11) is -2.32. The van der Waals surface area contributed by atoms with Gasteiger partial charge in [0.15, 0.2) is 0 Å². The summed E-state index contributed by atoms with van der Waals surface area (Å²) in [4.78, 5) is 12.5. The monoisotopic (exact) mass is 360 g/mol. The van der Waals surface area contributed by atoms with Crippen LogP contribution in [0.25, 0.3) is 0 Å². The Hall–Kier alpha value is -2.18. The maximum absolute atomic E-state index is 12.9. The van der Waals surface area contributed by atoms with Crippen molar-refractivity contribution in [3.63, 3.8) is 0 Å². The SMILES string of the molecule is Cc1ccc(NC(=O)CN(C)S(=O)(=O)c2c(C)cc(C)cc2C)cc1. The molecule has 1 N–H and O–H groups in total. The highest BCUT2D eigenvalue weighted by Gasteiger charge is 2.26. The van der Waals surface area contributed by atoms with Crippen molar-refractivity contribution in [2.75, 3.05) is 18.9 Å². The molecule has 0 unspecified atom stereocenters. The summed E-state index contributed by atoms with van der Waals surface area (Å²) >= 11 is 0. The van der Waals surface area contributed by atoms with Gasteiger partial charge >= 0.3 is 0 Å². The highest BCUT2D eigenvalue weighted by Crippen LogP contribution is 2.24. The summed E-state index contributed by atoms with van der Waals surface area (Å²) in [6.45, 7) is 7.18. The molecular weight excluding hydrogens is 336 g/mol. The number of benzene rings is 2. The van der Waals surface area contributed by atoms with Gasteiger partial charge in [0, 0.05) is 12.7 Å². The van der Waals surface area contributed by atoms with Crippen molar-refractivity contribution in [1.82, 2.24) is 4.31 Å². The van der Waals surface area contributed by atoms with E-state index >= 15 is 0 Å². The smallest absolute Gasteiger partial charge is 0.243 e. The Morgan fingerprint density at radius 3 is 2.00 bits per heavy atom. The minimum atomic E-state index is -3.74. The number of hydrogen-bond donors (Lipinski definition) is 1. The summed E-state index contributed by atoms with van der Waals surface area (Å²) in [5.41, 5.74) is 4.10. The molecule has 0 spiro atoms. The second-order valence-electron chi connectivity index (χ2n) is 6.40. The molecule has 0 aromatic heterocycles. The fraction of sp³-hybridized carbons (Fsp3) is 0.316. The second kappa shape index (κ2) is 7.37. The van der Waals surface area contributed by atoms with Gasteiger partial charge in [-0.1, -0.05) is 35.4 Å². The minimum absolute atomic E-state index is 0.247. The Bertz CT molecular complexity index is 864. The molecule has 0 aliphatic heterocycles. The molecule has 134 valence electrons. The number of hydrogen-bond acceptors (Lipinski definition) is 3. The summed E-state index contributed by atoms with van der Waals surface area (Å²) in [5, 5.41) is 2.72. The lowest BCUT2D eigenvalue weighted by Gasteiger charge is -2.20. The molecule has 5 nitrogen and oxygen atoms in total. The van der Waals surface area contributed by atoms with E-state index in [1.165, 1.54) is 7.05 Å². The van der Waals surface area contributed by atoms with Gasteiger partial charge in [0.2, 0.25) is 15.9 Å². The van der Waals surface area contributed by atoms with Crippen LogP contribution in [-0.2, 0) is 14.8 Å². The first-order chi connectivity index (χ1) is 11.6. The third kappa shape index (κ3) is 4.46. The lowest BCUT2D eigenvalue weighted by molar-refractivity contribution is -0.116. The van der Waals surface area contributed by atoms with Gasteiger partial charge in [-0.2, -0.15) is 4.31 Å². The molecule has 1 amide bonds. The van der Waals surface area contributed by atoms with Gasteiger partial charge in [0.25, 0.3) is 0 Å². The van der Waals surface area contributed by atoms with E-state index in [0.29, 0.717) is 16.8 Å². The Balaban J connectivity index is 2.17. The fourth-order valence-electron chi connectivity index (χ4n) is 2.85. The van der Waals surface area contributed by atoms with E-state index in [1.807, 2.05) is 38.1 Å². The first kappa shape index (κ1) is 19.1. The predicted molar refractivity (Wildman–Crippen MR) is 100 cm³/mol. The van der Waals surface area contributed by atoms with E-state index in [0.717, 1.165) is 15.4 Å². The van der Waals surface area contributed by atoms with E-state index in [9.17, 15) is 13.2 Å². The highest BCUT2D eigenvalue weighted by atomic mass is 32.2. The molecule has 0 aliphatic carbocycles. The minimum Gasteiger partial charge on any atom is -0.325 e. The fourth-order valence-corrected chi connectivity index (χ4v) is 4.38. The lowest BCUT2D eigenvalue weighted by atomic mass is 10.1. The number of anilines is 1. The first-order valence-corrected chi connectivity index (χ1v) is 9.46. The average molecular weight is 360 g/mol. The lowest BCUT2D eigenvalue weighted by Crippen LogP contribution is -2.35. The van der Waals surface area contributed by atoms with Crippen LogP contribution in [0.1, 0.15) is 22.3 Å². The van der Waals surface area contributed by atoms with Gasteiger partial charge in [0.1, 0.15) is 0 Å². The molecule has 2 aromatic rings. The molecule has 0 fully saturated rings. The molecule has 0 bridgehead atoms. The van der Waals surface area contributed by atoms with Crippen LogP contribution in [0, 0.1) is 27.7 Å². The zero-order chi connectivity index (χ0) is 18.8. The van der Waals surface area contributed by atoms with E-state index in [-0.39, 0.29) is 17.3 Å². The number of amides is 1. The molecule has 25 heavy (non-hydrogen) atoms. The maximum atomic E-state index is 12.9. The predicted octanol–water partition coefficient (Wildman–Crippen LogP) is 3.18. The molecule has 0 atom stereocenters. The molecule has 0 heterocycles. The normalized spacial score (nSPS) is 11.6. The van der Waals surface area contributed by atoms with Crippen LogP contribution in [0.4, 0.5) is 5.69 Å². The first-order valence-electron chi connectivity index (χ1n) is 8.02. The van der Waals surface area contributed by atoms with Crippen LogP contribution in [-0.4, -0.2) is 32.2 Å². The van der Waals surface area contributed by atoms with Crippen molar-refractivity contribution in [2.24, 2.45) is 0 Å². The van der Waals surface area contributed by atoms with E-state index < -0.39 is 10.0 Å². The topological polar surface area (TPSA) is 66.5 Å². The number of nitrogens with one attached hydrogen (secondary N) is 1. The summed E-state index contributed by atoms with van der Waals surface area (Å²) in [6, 6.07) is 11.0. The molecule has 0 aliphatic rings. The van der Waals surface area contributed by atoms with Crippen LogP contribution >= 0.6 is 0 Å². The van der Waals surface area contributed by atoms with Gasteiger partial charge < -0.3 is 5.32 Å². The number of nitrogens with zero attached hydrogens (tertiary/aromatic N) is 1. The van der Waals surface area contributed by atoms with Gasteiger partial charge in [-0.25, -0.2) is 8.42 Å². The molecule has 6 heteroatoms. The molecule has 0 saturated heterocycles. The van der Waals surface area contributed by atoms with E-state index in [2.05, 4.69) is 5.32 Å². The zero-order valence-electron chi connectivity index (χ0n) is 15.3. The summed E-state index contributed by atoms with van der Waals surface area (Å²) in [5.74, 6) is -0.377. The quantitative estimate of drug-likeness (QED) is 0.890. The van der Waals surface area contributed by atoms with Gasteiger partial charge in [-0.3, -0.25) is 4.79 Å². The maximum Gasteiger partial charge on any atom is 0.243 e. The number of rotatable bonds is 5. The molecular formula is C19H24N2O3S. The van der Waals surface area contributed by atoms with Crippen LogP contribution < -0.4 is 5.32 Å². The van der Waals surface area contributed by atoms with Crippen molar-refractivity contribution in [3.8, 4) is 0 Å². The summed E-state index contributed by atoms with van der Waals surface area (Å²) < 4.78 is 26.8. The van der Waals surface area contributed by atoms with Crippen LogP contribution in [0.2, 0.25) is 0 Å². The number of sulfonamides is 1. The van der Waals surface area contributed by atoms with Crippen molar-refractivity contribution in [3.05, 3.63) is 58.7 Å². The molecule has 2 aromatic carbocycles. The van der Waals surface area contributed by atoms with Crippen LogP contribution in [0.15, 0.2) is 41.3 Å². The Morgan fingerprint density at radius 1 is 0.960 bits per heavy atom. The van der Waals surface area contributed by atoms with Gasteiger partial charge in [-0.15, -0.1) is 0 Å². The van der Waals surface area contributed by atoms with Crippen molar-refractivity contribution in [2.45, 2.75) is 32.6 Å². The van der Waals surface area contributed by atoms with Crippen LogP contribution in [0.5, 0.6) is 0 Å². The number of likely N-dealkylation sites (N-methyl/N-ethyl adjacent to an activating group) is 1. The standard InChI is InChI=1S/C19H24N2O3S/c1-13-6-8-17(9-7-13)20-18(22)12-21(5)25(23,24)19-15(3)10-14(2)11-16(19)4/h6-11H,12H2,1-5H3,(H,20,22). The Kier molecular flexibility index (Phi) is 5.65. The van der Waals surface area contributed by atoms with Crippen molar-refractivity contribution < 1.29 is 13.2 Å². The largest absolute Gasteiger partial charge is 0.325 e. The Morgan fingerprint density at radius 2 is 1.48 bits per heavy atom. The van der Waals surface area contributed by atoms with Crippen molar-refractivity contribution in [1.29, 1.82) is 0 Å². The zero-order valence-corrected chi connectivity index (χ0v) is 16.1. The second-order valence-corrected chi connectivity index (χ2v) is 8.38. The van der Waals surface area contributed by atoms with Crippen LogP contribution in [0.3, 0.4) is 0 Å². The number of aryl methyl sites for hydroxylation is 4. The third-order valence-corrected chi connectivity index (χ3v) is 6.08. The number of carbonyl (C=O) groups excluding carboxylic acids is 1. The van der Waals surface area contributed by atoms with Crippen molar-refractivity contribution >= 4 is 21.6 Å². The van der Waals surface area contributed by atoms with Gasteiger partial charge in [-0.05, 0) is 51.0 Å². The molecule has 0 saturated carbocycles. The molecule has 0 radical (unpaired) electrons. The highest BCUT2D eigenvalue weighted by molar-refractivity contribution is 7.89. The van der Waals surface area contributed by atoms with E-state index in [4.69, 9.17) is 0 Å². The number of carbonyl (C=O) groups is 1.